The molecule has 0 aliphatic rings. The Balaban J connectivity index is -0.0000000800. The van der Waals surface area contributed by atoms with Gasteiger partial charge in [-0.2, -0.15) is 0 Å². The number of hydrogen-bond acceptors (Lipinski definition) is 2. The van der Waals surface area contributed by atoms with Gasteiger partial charge in [0.25, 0.3) is 7.82 Å². The van der Waals surface area contributed by atoms with E-state index in [0.717, 1.165) is 0 Å². The zero-order chi connectivity index (χ0) is 4.50. The molecule has 0 atom stereocenters. The summed E-state index contributed by atoms with van der Waals surface area (Å²) in [6, 6.07) is 0. The average molecular weight is 160 g/mol. The molecule has 0 aromatic rings. The smallest absolute Gasteiger partial charge is 1.00 e. The van der Waals surface area contributed by atoms with Gasteiger partial charge in [-0.3, -0.25) is 4.57 Å². The molecule has 2 N–H and O–H groups in total. The predicted molar refractivity (Wildman–Crippen MR) is 19.2 cm³/mol. The van der Waals surface area contributed by atoms with Crippen molar-refractivity contribution in [3.63, 3.8) is 0 Å². The fourth-order valence-corrected chi connectivity index (χ4v) is 0. The van der Waals surface area contributed by atoms with Crippen LogP contribution in [0.5, 0.6) is 0 Å². The van der Waals surface area contributed by atoms with Crippen molar-refractivity contribution in [3.8, 4) is 0 Å². The van der Waals surface area contributed by atoms with E-state index >= 15 is 0 Å². The van der Waals surface area contributed by atoms with Crippen LogP contribution in [0.1, 0.15) is 0 Å². The Hall–Kier alpha value is 2.75. The van der Waals surface area contributed by atoms with Gasteiger partial charge in [-0.1, -0.05) is 0 Å². The maximum Gasteiger partial charge on any atom is 1.00 e. The third-order valence-corrected chi connectivity index (χ3v) is 0. The summed E-state index contributed by atoms with van der Waals surface area (Å²) in [5.41, 5.74) is 0. The minimum atomic E-state index is -4.89. The summed E-state index contributed by atoms with van der Waals surface area (Å²) >= 11 is 0. The Kier molecular flexibility index (Phi) is 16.1. The molecule has 0 aliphatic carbocycles. The second kappa shape index (κ2) is 6.86. The van der Waals surface area contributed by atoms with E-state index in [1.807, 2.05) is 0 Å². The summed E-state index contributed by atoms with van der Waals surface area (Å²) in [5, 5.41) is 0. The van der Waals surface area contributed by atoms with E-state index in [9.17, 15) is 0 Å². The van der Waals surface area contributed by atoms with Crippen molar-refractivity contribution in [2.75, 3.05) is 0 Å². The van der Waals surface area contributed by atoms with Gasteiger partial charge in [0.2, 0.25) is 0 Å². The van der Waals surface area contributed by atoms with Crippen molar-refractivity contribution < 1.29 is 48.8 Å². The summed E-state index contributed by atoms with van der Waals surface area (Å²) in [7, 11) is -4.89. The SMILES string of the molecule is O=P([O-])(O)O.[KH].[Na+]. The first-order valence-electron chi connectivity index (χ1n) is 0.765. The van der Waals surface area contributed by atoms with Crippen LogP contribution in [0.3, 0.4) is 0 Å². The number of phosphoric acid groups is 1. The van der Waals surface area contributed by atoms with Gasteiger partial charge in [-0.05, 0) is 0 Å². The summed E-state index contributed by atoms with van der Waals surface area (Å²) in [6.07, 6.45) is 0. The van der Waals surface area contributed by atoms with Crippen LogP contribution in [0.25, 0.3) is 0 Å². The molecule has 0 bridgehead atoms. The van der Waals surface area contributed by atoms with Gasteiger partial charge in [0.15, 0.2) is 0 Å². The fraction of sp³-hybridized carbons (Fsp3) is 0. The van der Waals surface area contributed by atoms with Crippen molar-refractivity contribution >= 4 is 59.2 Å². The van der Waals surface area contributed by atoms with Gasteiger partial charge in [0.05, 0.1) is 0 Å². The van der Waals surface area contributed by atoms with Crippen molar-refractivity contribution in [1.82, 2.24) is 0 Å². The van der Waals surface area contributed by atoms with Crippen molar-refractivity contribution in [2.24, 2.45) is 0 Å². The topological polar surface area (TPSA) is 80.6 Å². The van der Waals surface area contributed by atoms with Gasteiger partial charge < -0.3 is 14.7 Å². The van der Waals surface area contributed by atoms with Gasteiger partial charge in [0, 0.05) is 0 Å². The minimum absolute atomic E-state index is 0. The molecule has 0 saturated heterocycles. The van der Waals surface area contributed by atoms with Crippen LogP contribution in [0.2, 0.25) is 0 Å². The van der Waals surface area contributed by atoms with Gasteiger partial charge in [0.1, 0.15) is 0 Å². The zero-order valence-electron chi connectivity index (χ0n) is 3.16. The largest absolute Gasteiger partial charge is 1.00 e. The normalized spacial score (nSPS) is 8.43. The van der Waals surface area contributed by atoms with Crippen LogP contribution < -0.4 is 34.5 Å². The zero-order valence-corrected chi connectivity index (χ0v) is 6.05. The molecule has 0 unspecified atom stereocenters. The van der Waals surface area contributed by atoms with Crippen LogP contribution in [0.4, 0.5) is 0 Å². The van der Waals surface area contributed by atoms with E-state index in [2.05, 4.69) is 0 Å². The molecule has 0 spiro atoms. The van der Waals surface area contributed by atoms with E-state index in [1.165, 1.54) is 0 Å². The molecule has 0 rings (SSSR count). The van der Waals surface area contributed by atoms with E-state index in [-0.39, 0.29) is 80.9 Å². The second-order valence-corrected chi connectivity index (χ2v) is 1.47. The Morgan fingerprint density at radius 3 is 1.43 bits per heavy atom. The molecule has 0 radical (unpaired) electrons. The monoisotopic (exact) mass is 160 g/mol. The maximum absolute atomic E-state index is 8.77. The van der Waals surface area contributed by atoms with Crippen LogP contribution in [-0.4, -0.2) is 61.2 Å². The first kappa shape index (κ1) is 16.4. The predicted octanol–water partition coefficient (Wildman–Crippen LogP) is -5.21. The van der Waals surface area contributed by atoms with E-state index in [4.69, 9.17) is 19.2 Å². The van der Waals surface area contributed by atoms with Gasteiger partial charge in [-0.15, -0.1) is 0 Å². The molecular weight excluding hydrogens is 157 g/mol. The maximum atomic E-state index is 8.77. The minimum Gasteiger partial charge on any atom is 1.00 e. The molecule has 0 aliphatic heterocycles. The van der Waals surface area contributed by atoms with E-state index in [1.54, 1.807) is 0 Å². The Morgan fingerprint density at radius 1 is 1.43 bits per heavy atom. The van der Waals surface area contributed by atoms with Crippen LogP contribution in [0.15, 0.2) is 0 Å². The van der Waals surface area contributed by atoms with Crippen molar-refractivity contribution in [3.05, 3.63) is 0 Å². The molecule has 0 aromatic carbocycles. The molecule has 0 amide bonds. The van der Waals surface area contributed by atoms with Crippen LogP contribution >= 0.6 is 7.82 Å². The molecule has 4 nitrogen and oxygen atoms in total. The standard InChI is InChI=1S/K.Na.H3O4P.H/c;;1-5(2,3)4;/h;;(H3,1,2,3,4);/q;+1;;/p-1. The van der Waals surface area contributed by atoms with Crippen molar-refractivity contribution in [1.29, 1.82) is 0 Å². The summed E-state index contributed by atoms with van der Waals surface area (Å²) in [6.45, 7) is 0. The number of rotatable bonds is 0. The Labute approximate surface area is 106 Å². The van der Waals surface area contributed by atoms with Crippen molar-refractivity contribution in [2.45, 2.75) is 0 Å². The quantitative estimate of drug-likeness (QED) is 0.274. The summed E-state index contributed by atoms with van der Waals surface area (Å²) in [5.74, 6) is 0. The fourth-order valence-electron chi connectivity index (χ4n) is 0. The molecule has 7 heavy (non-hydrogen) atoms. The second-order valence-electron chi connectivity index (χ2n) is 0.491. The van der Waals surface area contributed by atoms with Gasteiger partial charge >= 0.3 is 80.9 Å². The first-order valence-corrected chi connectivity index (χ1v) is 2.30. The van der Waals surface area contributed by atoms with Gasteiger partial charge in [-0.25, -0.2) is 0 Å². The molecule has 0 aromatic heterocycles. The molecule has 0 fully saturated rings. The Bertz CT molecular complexity index is 57.8. The molecule has 0 saturated carbocycles. The van der Waals surface area contributed by atoms with Crippen LogP contribution in [-0.2, 0) is 4.57 Å². The third-order valence-electron chi connectivity index (χ3n) is 0. The molecule has 0 heterocycles. The average Bonchev–Trinajstić information content (AvgIpc) is 0.722. The first-order chi connectivity index (χ1) is 2.00. The van der Waals surface area contributed by atoms with E-state index < -0.39 is 7.82 Å². The molecular formula is H3KNaO4P. The van der Waals surface area contributed by atoms with E-state index in [0.29, 0.717) is 0 Å². The third kappa shape index (κ3) is 52.8. The van der Waals surface area contributed by atoms with Crippen LogP contribution in [0, 0.1) is 0 Å². The molecule has 34 valence electrons. The summed E-state index contributed by atoms with van der Waals surface area (Å²) < 4.78 is 8.77. The molecule has 7 heteroatoms. The number of hydrogen-bond donors (Lipinski definition) is 2. The Morgan fingerprint density at radius 2 is 1.43 bits per heavy atom. The summed E-state index contributed by atoms with van der Waals surface area (Å²) in [4.78, 5) is 22.9.